The third kappa shape index (κ3) is 3.80. The summed E-state index contributed by atoms with van der Waals surface area (Å²) in [5.74, 6) is -0.397. The summed E-state index contributed by atoms with van der Waals surface area (Å²) < 4.78 is 0. The number of hydrogen-bond acceptors (Lipinski definition) is 3. The van der Waals surface area contributed by atoms with Gasteiger partial charge in [0.2, 0.25) is 0 Å². The van der Waals surface area contributed by atoms with Gasteiger partial charge in [-0.2, -0.15) is 0 Å². The molecule has 0 aromatic heterocycles. The fraction of sp³-hybridized carbons (Fsp3) is 0.227. The molecule has 0 spiro atoms. The molecule has 0 bridgehead atoms. The van der Waals surface area contributed by atoms with Crippen molar-refractivity contribution in [2.75, 3.05) is 6.54 Å². The molecule has 1 amide bonds. The van der Waals surface area contributed by atoms with E-state index in [1.165, 1.54) is 6.08 Å². The van der Waals surface area contributed by atoms with Gasteiger partial charge in [0.05, 0.1) is 0 Å². The molecule has 4 nitrogen and oxygen atoms in total. The van der Waals surface area contributed by atoms with Gasteiger partial charge >= 0.3 is 0 Å². The van der Waals surface area contributed by atoms with Gasteiger partial charge in [-0.15, -0.1) is 0 Å². The molecule has 3 rings (SSSR count). The van der Waals surface area contributed by atoms with Gasteiger partial charge in [0.1, 0.15) is 0 Å². The number of ketones is 2. The van der Waals surface area contributed by atoms with E-state index in [2.05, 4.69) is 5.32 Å². The van der Waals surface area contributed by atoms with Crippen molar-refractivity contribution < 1.29 is 14.4 Å². The summed E-state index contributed by atoms with van der Waals surface area (Å²) in [5.41, 5.74) is 1.64. The van der Waals surface area contributed by atoms with Crippen LogP contribution in [0, 0.1) is 5.41 Å². The summed E-state index contributed by atoms with van der Waals surface area (Å²) in [4.78, 5) is 37.2. The standard InChI is InChI=1S/C22H21NO3/c1-22(2,14-23-21(26)15-8-4-3-5-9-15)13-16-12-19(24)17-10-6-7-11-18(17)20(16)25/h3-12H,13-14H2,1-2H3,(H,23,26). The van der Waals surface area contributed by atoms with Gasteiger partial charge in [0.25, 0.3) is 5.91 Å². The SMILES string of the molecule is CC(C)(CNC(=O)c1ccccc1)CC1=CC(=O)c2ccccc2C1=O. The summed E-state index contributed by atoms with van der Waals surface area (Å²) in [6.45, 7) is 4.34. The highest BCUT2D eigenvalue weighted by Gasteiger charge is 2.30. The number of carbonyl (C=O) groups is 3. The van der Waals surface area contributed by atoms with E-state index >= 15 is 0 Å². The number of benzene rings is 2. The van der Waals surface area contributed by atoms with Crippen molar-refractivity contribution in [3.05, 3.63) is 82.9 Å². The van der Waals surface area contributed by atoms with E-state index in [9.17, 15) is 14.4 Å². The smallest absolute Gasteiger partial charge is 0.251 e. The van der Waals surface area contributed by atoms with Crippen LogP contribution < -0.4 is 5.32 Å². The van der Waals surface area contributed by atoms with Gasteiger partial charge in [0.15, 0.2) is 11.6 Å². The second-order valence-electron chi connectivity index (χ2n) is 7.30. The molecule has 0 saturated heterocycles. The zero-order chi connectivity index (χ0) is 18.7. The summed E-state index contributed by atoms with van der Waals surface area (Å²) >= 11 is 0. The third-order valence-corrected chi connectivity index (χ3v) is 4.47. The van der Waals surface area contributed by atoms with Crippen molar-refractivity contribution in [3.8, 4) is 0 Å². The first-order valence-corrected chi connectivity index (χ1v) is 8.59. The molecule has 0 radical (unpaired) electrons. The lowest BCUT2D eigenvalue weighted by Gasteiger charge is -2.27. The Bertz CT molecular complexity index is 895. The Morgan fingerprint density at radius 1 is 0.923 bits per heavy atom. The van der Waals surface area contributed by atoms with Crippen LogP contribution in [-0.2, 0) is 0 Å². The van der Waals surface area contributed by atoms with Crippen LogP contribution in [0.5, 0.6) is 0 Å². The second-order valence-corrected chi connectivity index (χ2v) is 7.30. The summed E-state index contributed by atoms with van der Waals surface area (Å²) in [5, 5.41) is 2.91. The van der Waals surface area contributed by atoms with Gasteiger partial charge < -0.3 is 5.32 Å². The van der Waals surface area contributed by atoms with E-state index in [4.69, 9.17) is 0 Å². The predicted octanol–water partition coefficient (Wildman–Crippen LogP) is 3.84. The largest absolute Gasteiger partial charge is 0.351 e. The number of fused-ring (bicyclic) bond motifs is 1. The predicted molar refractivity (Wildman–Crippen MR) is 100 cm³/mol. The molecule has 0 unspecified atom stereocenters. The van der Waals surface area contributed by atoms with Crippen LogP contribution in [0.15, 0.2) is 66.2 Å². The first-order chi connectivity index (χ1) is 12.4. The third-order valence-electron chi connectivity index (χ3n) is 4.47. The summed E-state index contributed by atoms with van der Waals surface area (Å²) in [7, 11) is 0. The van der Waals surface area contributed by atoms with Gasteiger partial charge in [0, 0.05) is 28.8 Å². The van der Waals surface area contributed by atoms with Crippen molar-refractivity contribution >= 4 is 17.5 Å². The van der Waals surface area contributed by atoms with E-state index in [0.717, 1.165) is 0 Å². The number of carbonyl (C=O) groups excluding carboxylic acids is 3. The Hall–Kier alpha value is -3.01. The normalized spacial score (nSPS) is 13.8. The Balaban J connectivity index is 1.69. The number of amides is 1. The van der Waals surface area contributed by atoms with Crippen LogP contribution in [-0.4, -0.2) is 24.0 Å². The molecule has 0 atom stereocenters. The number of allylic oxidation sites excluding steroid dienone is 2. The Labute approximate surface area is 152 Å². The molecule has 4 heteroatoms. The second kappa shape index (κ2) is 7.08. The van der Waals surface area contributed by atoms with Crippen LogP contribution in [0.3, 0.4) is 0 Å². The molecular weight excluding hydrogens is 326 g/mol. The lowest BCUT2D eigenvalue weighted by atomic mass is 9.79. The van der Waals surface area contributed by atoms with E-state index in [0.29, 0.717) is 35.2 Å². The molecule has 132 valence electrons. The van der Waals surface area contributed by atoms with Crippen molar-refractivity contribution in [3.63, 3.8) is 0 Å². The van der Waals surface area contributed by atoms with Crippen molar-refractivity contribution in [2.24, 2.45) is 5.41 Å². The average Bonchev–Trinajstić information content (AvgIpc) is 2.64. The van der Waals surface area contributed by atoms with Crippen molar-refractivity contribution in [1.82, 2.24) is 5.32 Å². The maximum Gasteiger partial charge on any atom is 0.251 e. The topological polar surface area (TPSA) is 63.2 Å². The Kier molecular flexibility index (Phi) is 4.85. The zero-order valence-electron chi connectivity index (χ0n) is 14.9. The lowest BCUT2D eigenvalue weighted by Crippen LogP contribution is -2.35. The molecule has 26 heavy (non-hydrogen) atoms. The average molecular weight is 347 g/mol. The van der Waals surface area contributed by atoms with Crippen LogP contribution in [0.4, 0.5) is 0 Å². The minimum absolute atomic E-state index is 0.109. The number of rotatable bonds is 5. The van der Waals surface area contributed by atoms with Crippen LogP contribution in [0.1, 0.15) is 51.3 Å². The zero-order valence-corrected chi connectivity index (χ0v) is 14.9. The Morgan fingerprint density at radius 3 is 2.23 bits per heavy atom. The quantitative estimate of drug-likeness (QED) is 0.894. The maximum atomic E-state index is 12.7. The lowest BCUT2D eigenvalue weighted by molar-refractivity contribution is 0.0932. The van der Waals surface area contributed by atoms with Gasteiger partial charge in [-0.1, -0.05) is 56.3 Å². The van der Waals surface area contributed by atoms with Crippen LogP contribution >= 0.6 is 0 Å². The Morgan fingerprint density at radius 2 is 1.54 bits per heavy atom. The van der Waals surface area contributed by atoms with E-state index in [-0.39, 0.29) is 22.9 Å². The minimum atomic E-state index is -0.363. The minimum Gasteiger partial charge on any atom is -0.351 e. The monoisotopic (exact) mass is 347 g/mol. The van der Waals surface area contributed by atoms with Gasteiger partial charge in [-0.3, -0.25) is 14.4 Å². The summed E-state index contributed by atoms with van der Waals surface area (Å²) in [6, 6.07) is 15.9. The molecule has 2 aromatic rings. The highest BCUT2D eigenvalue weighted by molar-refractivity contribution is 6.24. The molecule has 1 aliphatic carbocycles. The fourth-order valence-corrected chi connectivity index (χ4v) is 3.09. The first-order valence-electron chi connectivity index (χ1n) is 8.59. The fourth-order valence-electron chi connectivity index (χ4n) is 3.09. The molecule has 2 aromatic carbocycles. The van der Waals surface area contributed by atoms with Crippen molar-refractivity contribution in [1.29, 1.82) is 0 Å². The number of Topliss-reactive ketones (excluding diaryl/α,β-unsaturated/α-hetero) is 1. The van der Waals surface area contributed by atoms with Crippen LogP contribution in [0.2, 0.25) is 0 Å². The van der Waals surface area contributed by atoms with E-state index in [1.807, 2.05) is 32.0 Å². The first kappa shape index (κ1) is 17.8. The molecule has 0 aliphatic heterocycles. The van der Waals surface area contributed by atoms with Gasteiger partial charge in [-0.25, -0.2) is 0 Å². The molecule has 0 heterocycles. The van der Waals surface area contributed by atoms with Crippen molar-refractivity contribution in [2.45, 2.75) is 20.3 Å². The van der Waals surface area contributed by atoms with Crippen LogP contribution in [0.25, 0.3) is 0 Å². The van der Waals surface area contributed by atoms with E-state index in [1.54, 1.807) is 36.4 Å². The molecule has 1 N–H and O–H groups in total. The number of nitrogens with one attached hydrogen (secondary N) is 1. The highest BCUT2D eigenvalue weighted by atomic mass is 16.2. The number of hydrogen-bond donors (Lipinski definition) is 1. The molecule has 1 aliphatic rings. The summed E-state index contributed by atoms with van der Waals surface area (Å²) in [6.07, 6.45) is 1.85. The van der Waals surface area contributed by atoms with E-state index < -0.39 is 0 Å². The molecular formula is C22H21NO3. The molecule has 0 fully saturated rings. The maximum absolute atomic E-state index is 12.7. The van der Waals surface area contributed by atoms with Gasteiger partial charge in [-0.05, 0) is 30.0 Å². The molecule has 0 saturated carbocycles. The highest BCUT2D eigenvalue weighted by Crippen LogP contribution is 2.30.